The largest absolute Gasteiger partial charge is 0.309 e. The Hall–Kier alpha value is -9.32. The number of benzene rings is 12. The van der Waals surface area contributed by atoms with Crippen molar-refractivity contribution in [1.82, 2.24) is 9.13 Å². The molecule has 0 aliphatic heterocycles. The summed E-state index contributed by atoms with van der Waals surface area (Å²) in [5.74, 6) is 0. The molecule has 0 fully saturated rings. The van der Waals surface area contributed by atoms with Crippen molar-refractivity contribution in [3.63, 3.8) is 0 Å². The molecule has 4 aromatic heterocycles. The molecule has 0 saturated heterocycles. The Labute approximate surface area is 446 Å². The highest BCUT2D eigenvalue weighted by Gasteiger charge is 2.22. The van der Waals surface area contributed by atoms with E-state index < -0.39 is 0 Å². The molecular weight excluding hydrogens is 957 g/mol. The van der Waals surface area contributed by atoms with Gasteiger partial charge in [0, 0.05) is 63.6 Å². The number of fused-ring (bicyclic) bond motifs is 10. The summed E-state index contributed by atoms with van der Waals surface area (Å²) >= 11 is 3.79. The van der Waals surface area contributed by atoms with Crippen LogP contribution in [0.2, 0.25) is 0 Å². The van der Waals surface area contributed by atoms with Gasteiger partial charge < -0.3 is 9.13 Å². The number of rotatable bonds is 7. The van der Waals surface area contributed by atoms with Gasteiger partial charge in [-0.3, -0.25) is 0 Å². The van der Waals surface area contributed by atoms with Gasteiger partial charge in [-0.1, -0.05) is 194 Å². The summed E-state index contributed by atoms with van der Waals surface area (Å²) < 4.78 is 4.84. The normalized spacial score (nSPS) is 11.9. The van der Waals surface area contributed by atoms with Crippen LogP contribution in [0.5, 0.6) is 0 Å². The smallest absolute Gasteiger partial charge is 0.0541 e. The lowest BCUT2D eigenvalue weighted by atomic mass is 9.88. The predicted molar refractivity (Wildman–Crippen MR) is 328 cm³/mol. The highest BCUT2D eigenvalue weighted by molar-refractivity contribution is 7.25. The molecule has 4 heteroatoms. The fourth-order valence-electron chi connectivity index (χ4n) is 12.6. The number of thiophene rings is 2. The van der Waals surface area contributed by atoms with Crippen LogP contribution < -0.4 is 0 Å². The van der Waals surface area contributed by atoms with Gasteiger partial charge in [-0.25, -0.2) is 0 Å². The first-order chi connectivity index (χ1) is 37.7. The molecule has 12 aromatic carbocycles. The zero-order valence-corrected chi connectivity index (χ0v) is 42.7. The number of hydrogen-bond acceptors (Lipinski definition) is 2. The second-order valence-electron chi connectivity index (χ2n) is 19.9. The summed E-state index contributed by atoms with van der Waals surface area (Å²) in [6.07, 6.45) is 0. The maximum absolute atomic E-state index is 2.42. The number of nitrogens with zero attached hydrogens (tertiary/aromatic N) is 2. The molecule has 0 unspecified atom stereocenters. The summed E-state index contributed by atoms with van der Waals surface area (Å²) in [4.78, 5) is 5.08. The van der Waals surface area contributed by atoms with E-state index in [1.165, 1.54) is 140 Å². The van der Waals surface area contributed by atoms with Crippen LogP contribution in [0.1, 0.15) is 0 Å². The Kier molecular flexibility index (Phi) is 9.71. The molecule has 0 aliphatic carbocycles. The predicted octanol–water partition coefficient (Wildman–Crippen LogP) is 21.0. The van der Waals surface area contributed by atoms with Gasteiger partial charge in [-0.05, 0) is 138 Å². The highest BCUT2D eigenvalue weighted by Crippen LogP contribution is 2.51. The lowest BCUT2D eigenvalue weighted by molar-refractivity contribution is 1.18. The van der Waals surface area contributed by atoms with E-state index in [-0.39, 0.29) is 0 Å². The van der Waals surface area contributed by atoms with Gasteiger partial charge in [0.1, 0.15) is 0 Å². The second-order valence-corrected chi connectivity index (χ2v) is 22.0. The standard InChI is InChI=1S/C72H44N2S2/c1-5-31-57-53(27-1)69(45-19-17-21-47(43-45)73-61-35-13-9-23-49(61)50-24-10-14-36-62(50)73)54-28-2-6-32-58(54)71(57)67-41-39-65(75-67)66-40-42-68(76-66)72-59-33-7-3-29-55(59)70(56-30-4-8-34-60(56)72)46-20-18-22-48(44-46)74-63-37-15-11-25-51(63)52-26-12-16-38-64(52)74/h1-44H. The van der Waals surface area contributed by atoms with E-state index in [1.54, 1.807) is 0 Å². The summed E-state index contributed by atoms with van der Waals surface area (Å²) in [6, 6.07) is 98.8. The molecule has 0 spiro atoms. The minimum atomic E-state index is 1.16. The van der Waals surface area contributed by atoms with Crippen LogP contribution in [0.25, 0.3) is 151 Å². The maximum atomic E-state index is 2.42. The van der Waals surface area contributed by atoms with Crippen LogP contribution >= 0.6 is 22.7 Å². The average Bonchev–Trinajstić information content (AvgIpc) is 4.32. The molecule has 0 bridgehead atoms. The zero-order valence-electron chi connectivity index (χ0n) is 41.1. The van der Waals surface area contributed by atoms with Crippen LogP contribution in [0, 0.1) is 0 Å². The topological polar surface area (TPSA) is 9.86 Å². The lowest BCUT2D eigenvalue weighted by Crippen LogP contribution is -1.95. The highest BCUT2D eigenvalue weighted by atomic mass is 32.1. The fraction of sp³-hybridized carbons (Fsp3) is 0. The van der Waals surface area contributed by atoms with Gasteiger partial charge in [0.05, 0.1) is 22.1 Å². The van der Waals surface area contributed by atoms with Crippen molar-refractivity contribution >= 4 is 109 Å². The molecule has 16 rings (SSSR count). The molecule has 0 aliphatic rings. The number of aromatic nitrogens is 2. The first kappa shape index (κ1) is 43.1. The zero-order chi connectivity index (χ0) is 49.8. The Morgan fingerprint density at radius 1 is 0.197 bits per heavy atom. The van der Waals surface area contributed by atoms with Gasteiger partial charge in [-0.15, -0.1) is 22.7 Å². The molecule has 76 heavy (non-hydrogen) atoms. The lowest BCUT2D eigenvalue weighted by Gasteiger charge is -2.18. The first-order valence-electron chi connectivity index (χ1n) is 26.0. The van der Waals surface area contributed by atoms with Gasteiger partial charge in [0.25, 0.3) is 0 Å². The van der Waals surface area contributed by atoms with Gasteiger partial charge in [0.2, 0.25) is 0 Å². The quantitative estimate of drug-likeness (QED) is 0.141. The minimum absolute atomic E-state index is 1.16. The van der Waals surface area contributed by atoms with Crippen molar-refractivity contribution in [3.05, 3.63) is 267 Å². The summed E-state index contributed by atoms with van der Waals surface area (Å²) in [5.41, 5.74) is 14.7. The van der Waals surface area contributed by atoms with Crippen LogP contribution in [-0.2, 0) is 0 Å². The summed E-state index contributed by atoms with van der Waals surface area (Å²) in [7, 11) is 0. The molecule has 16 aromatic rings. The third-order valence-electron chi connectivity index (χ3n) is 15.8. The molecular formula is C72H44N2S2. The third kappa shape index (κ3) is 6.51. The Bertz CT molecular complexity index is 4480. The van der Waals surface area contributed by atoms with Crippen LogP contribution in [0.4, 0.5) is 0 Å². The van der Waals surface area contributed by atoms with Gasteiger partial charge in [-0.2, -0.15) is 0 Å². The van der Waals surface area contributed by atoms with E-state index in [4.69, 9.17) is 0 Å². The molecule has 2 nitrogen and oxygen atoms in total. The van der Waals surface area contributed by atoms with Crippen molar-refractivity contribution in [2.24, 2.45) is 0 Å². The molecule has 0 atom stereocenters. The van der Waals surface area contributed by atoms with Gasteiger partial charge in [0.15, 0.2) is 0 Å². The second kappa shape index (κ2) is 17.1. The molecule has 0 saturated carbocycles. The summed E-state index contributed by atoms with van der Waals surface area (Å²) in [6.45, 7) is 0. The fourth-order valence-corrected chi connectivity index (χ4v) is 14.9. The van der Waals surface area contributed by atoms with Crippen LogP contribution in [0.3, 0.4) is 0 Å². The van der Waals surface area contributed by atoms with Crippen molar-refractivity contribution in [1.29, 1.82) is 0 Å². The van der Waals surface area contributed by atoms with Crippen molar-refractivity contribution in [2.45, 2.75) is 0 Å². The molecule has 0 amide bonds. The minimum Gasteiger partial charge on any atom is -0.309 e. The maximum Gasteiger partial charge on any atom is 0.0541 e. The van der Waals surface area contributed by atoms with E-state index in [0.717, 1.165) is 11.4 Å². The van der Waals surface area contributed by atoms with Gasteiger partial charge >= 0.3 is 0 Å². The van der Waals surface area contributed by atoms with Crippen LogP contribution in [-0.4, -0.2) is 9.13 Å². The van der Waals surface area contributed by atoms with E-state index >= 15 is 0 Å². The Balaban J connectivity index is 0.806. The summed E-state index contributed by atoms with van der Waals surface area (Å²) in [5, 5.41) is 15.1. The monoisotopic (exact) mass is 1000 g/mol. The van der Waals surface area contributed by atoms with E-state index in [9.17, 15) is 0 Å². The van der Waals surface area contributed by atoms with Crippen LogP contribution in [0.15, 0.2) is 267 Å². The van der Waals surface area contributed by atoms with E-state index in [1.807, 2.05) is 22.7 Å². The Morgan fingerprint density at radius 3 is 0.750 bits per heavy atom. The first-order valence-corrected chi connectivity index (χ1v) is 27.6. The molecule has 0 N–H and O–H groups in total. The van der Waals surface area contributed by atoms with Crippen molar-refractivity contribution < 1.29 is 0 Å². The SMILES string of the molecule is c1cc(-c2c3ccccc3c(-c3ccc(-c4ccc(-c5c6ccccc6c(-c6cccc(-n7c8ccccc8c8ccccc87)c6)c6ccccc56)s4)s3)c3ccccc23)cc(-n2c3ccccc3c3ccccc32)c1. The van der Waals surface area contributed by atoms with E-state index in [2.05, 4.69) is 276 Å². The molecule has 0 radical (unpaired) electrons. The van der Waals surface area contributed by atoms with E-state index in [0.29, 0.717) is 0 Å². The Morgan fingerprint density at radius 2 is 0.447 bits per heavy atom. The number of hydrogen-bond donors (Lipinski definition) is 0. The molecule has 4 heterocycles. The average molecular weight is 1000 g/mol. The number of para-hydroxylation sites is 4. The van der Waals surface area contributed by atoms with Crippen molar-refractivity contribution in [2.75, 3.05) is 0 Å². The molecule has 354 valence electrons. The third-order valence-corrected chi connectivity index (χ3v) is 18.2. The van der Waals surface area contributed by atoms with Crippen molar-refractivity contribution in [3.8, 4) is 64.3 Å².